The van der Waals surface area contributed by atoms with Crippen molar-refractivity contribution in [3.63, 3.8) is 0 Å². The van der Waals surface area contributed by atoms with Crippen molar-refractivity contribution in [3.8, 4) is 11.5 Å². The first-order chi connectivity index (χ1) is 16.0. The summed E-state index contributed by atoms with van der Waals surface area (Å²) in [5, 5.41) is 17.0. The third-order valence-electron chi connectivity index (χ3n) is 6.52. The van der Waals surface area contributed by atoms with Crippen LogP contribution >= 0.6 is 0 Å². The van der Waals surface area contributed by atoms with Gasteiger partial charge in [0.2, 0.25) is 0 Å². The predicted octanol–water partition coefficient (Wildman–Crippen LogP) is 4.51. The number of nitrogens with zero attached hydrogens (tertiary/aromatic N) is 3. The average molecular weight is 449 g/mol. The molecule has 1 saturated heterocycles. The SMILES string of the molecule is COc1ccccc1C(=O)Nc1ccnn1C1CCN(C(C)CCc2ccc(O)cc2)CC1. The van der Waals surface area contributed by atoms with E-state index < -0.39 is 0 Å². The van der Waals surface area contributed by atoms with Crippen molar-refractivity contribution in [3.05, 3.63) is 71.9 Å². The molecule has 33 heavy (non-hydrogen) atoms. The van der Waals surface area contributed by atoms with Crippen LogP contribution in [0.3, 0.4) is 0 Å². The lowest BCUT2D eigenvalue weighted by Gasteiger charge is -2.36. The van der Waals surface area contributed by atoms with E-state index in [9.17, 15) is 9.90 Å². The van der Waals surface area contributed by atoms with Crippen molar-refractivity contribution in [2.45, 2.75) is 44.7 Å². The summed E-state index contributed by atoms with van der Waals surface area (Å²) in [5.41, 5.74) is 1.76. The molecular weight excluding hydrogens is 416 g/mol. The second-order valence-corrected chi connectivity index (χ2v) is 8.64. The quantitative estimate of drug-likeness (QED) is 0.530. The Hall–Kier alpha value is -3.32. The van der Waals surface area contributed by atoms with Crippen LogP contribution in [0, 0.1) is 0 Å². The largest absolute Gasteiger partial charge is 0.508 e. The van der Waals surface area contributed by atoms with E-state index >= 15 is 0 Å². The number of hydrogen-bond acceptors (Lipinski definition) is 5. The number of carbonyl (C=O) groups is 1. The van der Waals surface area contributed by atoms with Crippen LogP contribution in [-0.2, 0) is 6.42 Å². The minimum absolute atomic E-state index is 0.200. The van der Waals surface area contributed by atoms with E-state index in [0.29, 0.717) is 28.9 Å². The maximum atomic E-state index is 12.8. The van der Waals surface area contributed by atoms with Gasteiger partial charge in [-0.25, -0.2) is 4.68 Å². The lowest BCUT2D eigenvalue weighted by molar-refractivity contribution is 0.102. The molecule has 1 aromatic heterocycles. The van der Waals surface area contributed by atoms with Gasteiger partial charge in [0.1, 0.15) is 17.3 Å². The van der Waals surface area contributed by atoms with Gasteiger partial charge >= 0.3 is 0 Å². The lowest BCUT2D eigenvalue weighted by atomic mass is 10.00. The van der Waals surface area contributed by atoms with Crippen LogP contribution in [0.2, 0.25) is 0 Å². The number of phenols is 1. The van der Waals surface area contributed by atoms with Gasteiger partial charge in [-0.05, 0) is 62.4 Å². The number of nitrogens with one attached hydrogen (secondary N) is 1. The lowest BCUT2D eigenvalue weighted by Crippen LogP contribution is -2.41. The molecule has 7 nitrogen and oxygen atoms in total. The van der Waals surface area contributed by atoms with E-state index in [1.807, 2.05) is 35.0 Å². The molecule has 0 spiro atoms. The molecule has 3 aromatic rings. The number of rotatable bonds is 8. The zero-order valence-corrected chi connectivity index (χ0v) is 19.3. The minimum Gasteiger partial charge on any atom is -0.508 e. The van der Waals surface area contributed by atoms with Gasteiger partial charge in [0.25, 0.3) is 5.91 Å². The number of para-hydroxylation sites is 1. The number of aromatic nitrogens is 2. The van der Waals surface area contributed by atoms with Gasteiger partial charge in [-0.2, -0.15) is 5.10 Å². The number of anilines is 1. The zero-order chi connectivity index (χ0) is 23.2. The topological polar surface area (TPSA) is 79.6 Å². The Bertz CT molecular complexity index is 1060. The summed E-state index contributed by atoms with van der Waals surface area (Å²) < 4.78 is 7.27. The van der Waals surface area contributed by atoms with Crippen molar-refractivity contribution in [2.75, 3.05) is 25.5 Å². The molecule has 1 unspecified atom stereocenters. The fourth-order valence-corrected chi connectivity index (χ4v) is 4.51. The molecule has 0 bridgehead atoms. The first kappa shape index (κ1) is 22.9. The Kier molecular flexibility index (Phi) is 7.29. The molecule has 2 heterocycles. The van der Waals surface area contributed by atoms with E-state index in [1.165, 1.54) is 5.56 Å². The number of aryl methyl sites for hydroxylation is 1. The first-order valence-electron chi connectivity index (χ1n) is 11.5. The van der Waals surface area contributed by atoms with Crippen LogP contribution in [0.15, 0.2) is 60.8 Å². The Morgan fingerprint density at radius 2 is 1.88 bits per heavy atom. The summed E-state index contributed by atoms with van der Waals surface area (Å²) in [7, 11) is 1.57. The molecule has 4 rings (SSSR count). The van der Waals surface area contributed by atoms with E-state index in [4.69, 9.17) is 4.74 Å². The van der Waals surface area contributed by atoms with Gasteiger partial charge in [-0.3, -0.25) is 4.79 Å². The van der Waals surface area contributed by atoms with Crippen molar-refractivity contribution in [1.29, 1.82) is 0 Å². The number of piperidine rings is 1. The number of likely N-dealkylation sites (tertiary alicyclic amines) is 1. The fourth-order valence-electron chi connectivity index (χ4n) is 4.51. The first-order valence-corrected chi connectivity index (χ1v) is 11.5. The molecule has 1 fully saturated rings. The zero-order valence-electron chi connectivity index (χ0n) is 19.3. The second-order valence-electron chi connectivity index (χ2n) is 8.64. The molecule has 1 atom stereocenters. The molecule has 0 saturated carbocycles. The van der Waals surface area contributed by atoms with Gasteiger partial charge in [0.15, 0.2) is 0 Å². The molecule has 1 aliphatic rings. The highest BCUT2D eigenvalue weighted by Crippen LogP contribution is 2.28. The maximum Gasteiger partial charge on any atom is 0.260 e. The van der Waals surface area contributed by atoms with E-state index in [-0.39, 0.29) is 11.9 Å². The number of hydrogen-bond donors (Lipinski definition) is 2. The highest BCUT2D eigenvalue weighted by Gasteiger charge is 2.26. The van der Waals surface area contributed by atoms with Crippen molar-refractivity contribution in [2.24, 2.45) is 0 Å². The fraction of sp³-hybridized carbons (Fsp3) is 0.385. The normalized spacial score (nSPS) is 15.8. The highest BCUT2D eigenvalue weighted by atomic mass is 16.5. The summed E-state index contributed by atoms with van der Waals surface area (Å²) in [6, 6.07) is 17.3. The number of amides is 1. The number of aromatic hydroxyl groups is 1. The molecule has 1 aliphatic heterocycles. The van der Waals surface area contributed by atoms with Crippen LogP contribution < -0.4 is 10.1 Å². The van der Waals surface area contributed by atoms with Crippen LogP contribution in [0.1, 0.15) is 48.1 Å². The summed E-state index contributed by atoms with van der Waals surface area (Å²) in [6.07, 6.45) is 5.80. The van der Waals surface area contributed by atoms with Crippen molar-refractivity contribution < 1.29 is 14.6 Å². The monoisotopic (exact) mass is 448 g/mol. The molecule has 1 amide bonds. The summed E-state index contributed by atoms with van der Waals surface area (Å²) in [6.45, 7) is 4.29. The number of methoxy groups -OCH3 is 1. The predicted molar refractivity (Wildman–Crippen MR) is 129 cm³/mol. The summed E-state index contributed by atoms with van der Waals surface area (Å²) in [4.78, 5) is 15.4. The Morgan fingerprint density at radius 3 is 2.61 bits per heavy atom. The van der Waals surface area contributed by atoms with Gasteiger partial charge in [-0.15, -0.1) is 0 Å². The molecule has 0 aliphatic carbocycles. The van der Waals surface area contributed by atoms with E-state index in [2.05, 4.69) is 22.2 Å². The molecule has 174 valence electrons. The second kappa shape index (κ2) is 10.5. The standard InChI is InChI=1S/C26H32N4O3/c1-19(7-8-20-9-11-22(31)12-10-20)29-17-14-21(15-18-29)30-25(13-16-27-30)28-26(32)23-5-3-4-6-24(23)33-2/h3-6,9-13,16,19,21,31H,7-8,14-15,17-18H2,1-2H3,(H,28,32). The van der Waals surface area contributed by atoms with Gasteiger partial charge < -0.3 is 20.1 Å². The molecular formula is C26H32N4O3. The van der Waals surface area contributed by atoms with Crippen LogP contribution in [0.5, 0.6) is 11.5 Å². The molecule has 2 N–H and O–H groups in total. The summed E-state index contributed by atoms with van der Waals surface area (Å²) in [5.74, 6) is 1.38. The third kappa shape index (κ3) is 5.54. The van der Waals surface area contributed by atoms with Crippen molar-refractivity contribution in [1.82, 2.24) is 14.7 Å². The Balaban J connectivity index is 1.32. The molecule has 7 heteroatoms. The van der Waals surface area contributed by atoms with Crippen LogP contribution in [-0.4, -0.2) is 51.9 Å². The molecule has 0 radical (unpaired) electrons. The minimum atomic E-state index is -0.200. The van der Waals surface area contributed by atoms with Gasteiger partial charge in [0.05, 0.1) is 24.9 Å². The number of ether oxygens (including phenoxy) is 1. The molecule has 2 aromatic carbocycles. The Morgan fingerprint density at radius 1 is 1.15 bits per heavy atom. The average Bonchev–Trinajstić information content (AvgIpc) is 3.31. The number of carbonyl (C=O) groups excluding carboxylic acids is 1. The van der Waals surface area contributed by atoms with Crippen LogP contribution in [0.25, 0.3) is 0 Å². The maximum absolute atomic E-state index is 12.8. The number of benzene rings is 2. The summed E-state index contributed by atoms with van der Waals surface area (Å²) >= 11 is 0. The number of phenolic OH excluding ortho intramolecular Hbond substituents is 1. The van der Waals surface area contributed by atoms with E-state index in [0.717, 1.165) is 38.8 Å². The van der Waals surface area contributed by atoms with E-state index in [1.54, 1.807) is 37.6 Å². The third-order valence-corrected chi connectivity index (χ3v) is 6.52. The van der Waals surface area contributed by atoms with Crippen molar-refractivity contribution >= 4 is 11.7 Å². The van der Waals surface area contributed by atoms with Crippen LogP contribution in [0.4, 0.5) is 5.82 Å². The van der Waals surface area contributed by atoms with Gasteiger partial charge in [-0.1, -0.05) is 24.3 Å². The van der Waals surface area contributed by atoms with Gasteiger partial charge in [0, 0.05) is 25.2 Å². The smallest absolute Gasteiger partial charge is 0.260 e. The Labute approximate surface area is 195 Å². The highest BCUT2D eigenvalue weighted by molar-refractivity contribution is 6.05.